The molecule has 0 spiro atoms. The zero-order chi connectivity index (χ0) is 13.0. The minimum Gasteiger partial charge on any atom is -0.351 e. The molecule has 0 atom stereocenters. The number of carbonyl (C=O) groups is 1. The Morgan fingerprint density at radius 1 is 1.61 bits per heavy atom. The van der Waals surface area contributed by atoms with Gasteiger partial charge in [-0.25, -0.2) is 4.98 Å². The van der Waals surface area contributed by atoms with Gasteiger partial charge in [0.1, 0.15) is 0 Å². The summed E-state index contributed by atoms with van der Waals surface area (Å²) in [4.78, 5) is 18.7. The molecule has 18 heavy (non-hydrogen) atoms. The summed E-state index contributed by atoms with van der Waals surface area (Å²) in [6.07, 6.45) is 7.01. The summed E-state index contributed by atoms with van der Waals surface area (Å²) in [5.41, 5.74) is 0.911. The second-order valence-electron chi connectivity index (χ2n) is 4.17. The van der Waals surface area contributed by atoms with E-state index in [4.69, 9.17) is 0 Å². The summed E-state index contributed by atoms with van der Waals surface area (Å²) in [6, 6.07) is 0. The number of nitrogens with zero attached hydrogens (tertiary/aromatic N) is 3. The van der Waals surface area contributed by atoms with Crippen LogP contribution in [0.1, 0.15) is 5.69 Å². The van der Waals surface area contributed by atoms with E-state index in [2.05, 4.69) is 10.3 Å². The molecule has 2 aromatic rings. The van der Waals surface area contributed by atoms with E-state index in [9.17, 15) is 4.79 Å². The van der Waals surface area contributed by atoms with Crippen LogP contribution < -0.4 is 5.32 Å². The Bertz CT molecular complexity index is 555. The van der Waals surface area contributed by atoms with Gasteiger partial charge in [0.05, 0.1) is 11.9 Å². The van der Waals surface area contributed by atoms with Crippen LogP contribution in [-0.2, 0) is 4.79 Å². The first-order valence-corrected chi connectivity index (χ1v) is 6.56. The van der Waals surface area contributed by atoms with Gasteiger partial charge < -0.3 is 10.2 Å². The molecule has 0 aliphatic heterocycles. The first-order valence-electron chi connectivity index (χ1n) is 5.68. The van der Waals surface area contributed by atoms with Gasteiger partial charge >= 0.3 is 0 Å². The van der Waals surface area contributed by atoms with Crippen LogP contribution in [0.5, 0.6) is 0 Å². The van der Waals surface area contributed by atoms with Crippen LogP contribution >= 0.6 is 11.3 Å². The molecule has 0 bridgehead atoms. The fourth-order valence-corrected chi connectivity index (χ4v) is 2.19. The van der Waals surface area contributed by atoms with E-state index in [1.54, 1.807) is 23.6 Å². The maximum absolute atomic E-state index is 11.6. The highest BCUT2D eigenvalue weighted by atomic mass is 32.1. The Morgan fingerprint density at radius 3 is 3.22 bits per heavy atom. The quantitative estimate of drug-likeness (QED) is 0.822. The first kappa shape index (κ1) is 12.8. The van der Waals surface area contributed by atoms with Crippen LogP contribution in [0.25, 0.3) is 11.0 Å². The van der Waals surface area contributed by atoms with Gasteiger partial charge in [-0.15, -0.1) is 11.3 Å². The lowest BCUT2D eigenvalue weighted by Crippen LogP contribution is -2.30. The predicted octanol–water partition coefficient (Wildman–Crippen LogP) is 1.09. The smallest absolute Gasteiger partial charge is 0.244 e. The van der Waals surface area contributed by atoms with Crippen LogP contribution in [0.15, 0.2) is 23.8 Å². The normalized spacial score (nSPS) is 11.7. The zero-order valence-electron chi connectivity index (χ0n) is 10.5. The third-order valence-electron chi connectivity index (χ3n) is 2.44. The van der Waals surface area contributed by atoms with Crippen LogP contribution in [0.2, 0.25) is 0 Å². The van der Waals surface area contributed by atoms with E-state index in [0.717, 1.165) is 17.2 Å². The maximum Gasteiger partial charge on any atom is 0.244 e. The van der Waals surface area contributed by atoms with Crippen molar-refractivity contribution in [1.82, 2.24) is 19.6 Å². The molecule has 5 nitrogen and oxygen atoms in total. The number of hydrogen-bond donors (Lipinski definition) is 1. The van der Waals surface area contributed by atoms with Crippen molar-refractivity contribution in [2.45, 2.75) is 0 Å². The molecule has 1 amide bonds. The zero-order valence-corrected chi connectivity index (χ0v) is 11.3. The predicted molar refractivity (Wildman–Crippen MR) is 73.7 cm³/mol. The molecule has 0 aliphatic rings. The monoisotopic (exact) mass is 264 g/mol. The Labute approximate surface area is 110 Å². The van der Waals surface area contributed by atoms with Crippen molar-refractivity contribution in [1.29, 1.82) is 0 Å². The Kier molecular flexibility index (Phi) is 4.11. The average molecular weight is 264 g/mol. The number of imidazole rings is 1. The summed E-state index contributed by atoms with van der Waals surface area (Å²) in [7, 11) is 3.95. The molecule has 0 saturated heterocycles. The van der Waals surface area contributed by atoms with E-state index in [-0.39, 0.29) is 5.91 Å². The van der Waals surface area contributed by atoms with Crippen molar-refractivity contribution >= 4 is 28.3 Å². The number of likely N-dealkylation sites (N-methyl/N-ethyl adjacent to an activating group) is 1. The number of amides is 1. The van der Waals surface area contributed by atoms with Crippen molar-refractivity contribution in [3.63, 3.8) is 0 Å². The van der Waals surface area contributed by atoms with Gasteiger partial charge in [-0.3, -0.25) is 9.20 Å². The lowest BCUT2D eigenvalue weighted by molar-refractivity contribution is -0.116. The van der Waals surface area contributed by atoms with E-state index in [1.807, 2.05) is 35.0 Å². The number of rotatable bonds is 5. The van der Waals surface area contributed by atoms with Gasteiger partial charge in [0.15, 0.2) is 4.96 Å². The van der Waals surface area contributed by atoms with Gasteiger partial charge in [0, 0.05) is 30.7 Å². The minimum absolute atomic E-state index is 0.0815. The number of fused-ring (bicyclic) bond motifs is 1. The molecule has 1 N–H and O–H groups in total. The Balaban J connectivity index is 1.91. The van der Waals surface area contributed by atoms with Crippen molar-refractivity contribution < 1.29 is 4.79 Å². The Morgan fingerprint density at radius 2 is 2.44 bits per heavy atom. The van der Waals surface area contributed by atoms with E-state index < -0.39 is 0 Å². The largest absolute Gasteiger partial charge is 0.351 e. The average Bonchev–Trinajstić information content (AvgIpc) is 2.88. The van der Waals surface area contributed by atoms with Gasteiger partial charge in [-0.2, -0.15) is 0 Å². The molecule has 0 unspecified atom stereocenters. The van der Waals surface area contributed by atoms with Gasteiger partial charge in [-0.1, -0.05) is 0 Å². The van der Waals surface area contributed by atoms with E-state index in [1.165, 1.54) is 6.08 Å². The molecule has 0 aromatic carbocycles. The Hall–Kier alpha value is -1.66. The number of carbonyl (C=O) groups excluding carboxylic acids is 1. The summed E-state index contributed by atoms with van der Waals surface area (Å²) < 4.78 is 1.95. The van der Waals surface area contributed by atoms with Crippen molar-refractivity contribution in [3.8, 4) is 0 Å². The fourth-order valence-electron chi connectivity index (χ4n) is 1.49. The minimum atomic E-state index is -0.0815. The highest BCUT2D eigenvalue weighted by Crippen LogP contribution is 2.13. The molecular weight excluding hydrogens is 248 g/mol. The van der Waals surface area contributed by atoms with Crippen molar-refractivity contribution in [3.05, 3.63) is 29.5 Å². The summed E-state index contributed by atoms with van der Waals surface area (Å²) in [5.74, 6) is -0.0815. The van der Waals surface area contributed by atoms with Gasteiger partial charge in [0.25, 0.3) is 0 Å². The topological polar surface area (TPSA) is 49.6 Å². The lowest BCUT2D eigenvalue weighted by atomic mass is 10.4. The highest BCUT2D eigenvalue weighted by molar-refractivity contribution is 7.15. The molecule has 2 rings (SSSR count). The molecule has 0 aliphatic carbocycles. The lowest BCUT2D eigenvalue weighted by Gasteiger charge is -2.08. The second kappa shape index (κ2) is 5.79. The van der Waals surface area contributed by atoms with Crippen LogP contribution in [0, 0.1) is 0 Å². The summed E-state index contributed by atoms with van der Waals surface area (Å²) in [6.45, 7) is 1.48. The first-order chi connectivity index (χ1) is 8.66. The van der Waals surface area contributed by atoms with Crippen LogP contribution in [0.3, 0.4) is 0 Å². The van der Waals surface area contributed by atoms with Crippen LogP contribution in [0.4, 0.5) is 0 Å². The molecular formula is C12H16N4OS. The molecule has 2 heterocycles. The standard InChI is InChI=1S/C12H16N4OS/c1-15(2)6-5-13-11(17)4-3-10-9-14-12-16(10)7-8-18-12/h3-4,7-9H,5-6H2,1-2H3,(H,13,17)/b4-3+. The third kappa shape index (κ3) is 3.18. The van der Waals surface area contributed by atoms with Crippen LogP contribution in [-0.4, -0.2) is 47.4 Å². The molecule has 2 aromatic heterocycles. The molecule has 0 radical (unpaired) electrons. The SMILES string of the molecule is CN(C)CCNC(=O)/C=C/c1cnc2sccn12. The molecule has 96 valence electrons. The van der Waals surface area contributed by atoms with Crippen molar-refractivity contribution in [2.75, 3.05) is 27.2 Å². The number of aromatic nitrogens is 2. The van der Waals surface area contributed by atoms with Crippen molar-refractivity contribution in [2.24, 2.45) is 0 Å². The highest BCUT2D eigenvalue weighted by Gasteiger charge is 2.01. The summed E-state index contributed by atoms with van der Waals surface area (Å²) in [5, 5.41) is 4.79. The van der Waals surface area contributed by atoms with Gasteiger partial charge in [-0.05, 0) is 20.2 Å². The number of nitrogens with one attached hydrogen (secondary N) is 1. The number of hydrogen-bond acceptors (Lipinski definition) is 4. The maximum atomic E-state index is 11.6. The molecule has 0 saturated carbocycles. The van der Waals surface area contributed by atoms with Gasteiger partial charge in [0.2, 0.25) is 5.91 Å². The number of thiazole rings is 1. The molecule has 0 fully saturated rings. The summed E-state index contributed by atoms with van der Waals surface area (Å²) >= 11 is 1.57. The van der Waals surface area contributed by atoms with E-state index >= 15 is 0 Å². The fraction of sp³-hybridized carbons (Fsp3) is 0.333. The van der Waals surface area contributed by atoms with E-state index in [0.29, 0.717) is 6.54 Å². The second-order valence-corrected chi connectivity index (χ2v) is 5.04. The third-order valence-corrected chi connectivity index (χ3v) is 3.21. The molecule has 6 heteroatoms.